The maximum Gasteiger partial charge on any atom is 0.244 e. The number of nitrogens with zero attached hydrogens (tertiary/aromatic N) is 2. The minimum Gasteiger partial charge on any atom is -0.354 e. The molecule has 1 atom stereocenters. The van der Waals surface area contributed by atoms with Gasteiger partial charge in [-0.15, -0.1) is 0 Å². The molecule has 8 heteroatoms. The fourth-order valence-electron chi connectivity index (χ4n) is 3.52. The van der Waals surface area contributed by atoms with E-state index in [1.54, 1.807) is 30.3 Å². The van der Waals surface area contributed by atoms with E-state index in [0.29, 0.717) is 18.7 Å². The number of hydrogen-bond donors (Lipinski definition) is 1. The predicted molar refractivity (Wildman–Crippen MR) is 132 cm³/mol. The zero-order valence-electron chi connectivity index (χ0n) is 20.1. The summed E-state index contributed by atoms with van der Waals surface area (Å²) in [5.74, 6) is -0.399. The number of para-hydroxylation sites is 1. The Balaban J connectivity index is 2.41. The number of benzene rings is 2. The molecule has 2 amide bonds. The maximum atomic E-state index is 13.6. The number of rotatable bonds is 11. The standard InChI is InChI=1S/C25H35N3O4S/c1-6-23(25(30)26-16-19(2)3)27(17-21-13-11-10-12-20(21)4)24(29)18-28(33(5,31)32)22-14-8-7-9-15-22/h7-15,19,23H,6,16-18H2,1-5H3,(H,26,30)/t23-/m0/s1. The smallest absolute Gasteiger partial charge is 0.244 e. The first-order valence-corrected chi connectivity index (χ1v) is 13.0. The van der Waals surface area contributed by atoms with E-state index in [0.717, 1.165) is 21.7 Å². The van der Waals surface area contributed by atoms with E-state index in [9.17, 15) is 18.0 Å². The highest BCUT2D eigenvalue weighted by Gasteiger charge is 2.31. The highest BCUT2D eigenvalue weighted by Crippen LogP contribution is 2.20. The fourth-order valence-corrected chi connectivity index (χ4v) is 4.37. The van der Waals surface area contributed by atoms with Crippen molar-refractivity contribution < 1.29 is 18.0 Å². The van der Waals surface area contributed by atoms with E-state index in [1.165, 1.54) is 4.90 Å². The minimum absolute atomic E-state index is 0.214. The van der Waals surface area contributed by atoms with Gasteiger partial charge in [-0.3, -0.25) is 13.9 Å². The number of carbonyl (C=O) groups is 2. The Kier molecular flexibility index (Phi) is 9.46. The molecule has 2 aromatic rings. The van der Waals surface area contributed by atoms with Crippen molar-refractivity contribution in [3.63, 3.8) is 0 Å². The first kappa shape index (κ1) is 26.4. The first-order chi connectivity index (χ1) is 15.5. The molecule has 0 aromatic heterocycles. The molecule has 0 aliphatic heterocycles. The Morgan fingerprint density at radius 3 is 2.15 bits per heavy atom. The van der Waals surface area contributed by atoms with E-state index in [-0.39, 0.29) is 24.9 Å². The summed E-state index contributed by atoms with van der Waals surface area (Å²) in [4.78, 5) is 28.1. The van der Waals surface area contributed by atoms with Gasteiger partial charge in [0.15, 0.2) is 0 Å². The molecule has 0 heterocycles. The van der Waals surface area contributed by atoms with Crippen molar-refractivity contribution in [2.45, 2.75) is 46.7 Å². The number of amides is 2. The zero-order valence-corrected chi connectivity index (χ0v) is 20.9. The highest BCUT2D eigenvalue weighted by atomic mass is 32.2. The number of sulfonamides is 1. The predicted octanol–water partition coefficient (Wildman–Crippen LogP) is 3.34. The van der Waals surface area contributed by atoms with Crippen molar-refractivity contribution >= 4 is 27.5 Å². The van der Waals surface area contributed by atoms with Crippen LogP contribution in [0.1, 0.15) is 38.3 Å². The number of hydrogen-bond acceptors (Lipinski definition) is 4. The third kappa shape index (κ3) is 7.60. The van der Waals surface area contributed by atoms with Gasteiger partial charge in [-0.2, -0.15) is 0 Å². The zero-order chi connectivity index (χ0) is 24.6. The van der Waals surface area contributed by atoms with Crippen LogP contribution >= 0.6 is 0 Å². The Morgan fingerprint density at radius 1 is 1.00 bits per heavy atom. The minimum atomic E-state index is -3.72. The molecular formula is C25H35N3O4S. The van der Waals surface area contributed by atoms with Crippen LogP contribution < -0.4 is 9.62 Å². The second-order valence-electron chi connectivity index (χ2n) is 8.62. The molecule has 0 aliphatic rings. The number of nitrogens with one attached hydrogen (secondary N) is 1. The average molecular weight is 474 g/mol. The van der Waals surface area contributed by atoms with Gasteiger partial charge in [0.1, 0.15) is 12.6 Å². The molecule has 0 bridgehead atoms. The summed E-state index contributed by atoms with van der Waals surface area (Å²) in [6.07, 6.45) is 1.48. The summed E-state index contributed by atoms with van der Waals surface area (Å²) < 4.78 is 26.1. The Labute approximate surface area is 197 Å². The van der Waals surface area contributed by atoms with Crippen LogP contribution in [0.4, 0.5) is 5.69 Å². The molecule has 0 saturated carbocycles. The monoisotopic (exact) mass is 473 g/mol. The number of carbonyl (C=O) groups excluding carboxylic acids is 2. The van der Waals surface area contributed by atoms with E-state index < -0.39 is 22.0 Å². The molecule has 0 saturated heterocycles. The van der Waals surface area contributed by atoms with E-state index in [4.69, 9.17) is 0 Å². The number of aryl methyl sites for hydroxylation is 1. The van der Waals surface area contributed by atoms with Gasteiger partial charge in [0.25, 0.3) is 0 Å². The molecular weight excluding hydrogens is 438 g/mol. The lowest BCUT2D eigenvalue weighted by molar-refractivity contribution is -0.140. The Bertz CT molecular complexity index is 1040. The van der Waals surface area contributed by atoms with Gasteiger partial charge in [0, 0.05) is 13.1 Å². The molecule has 7 nitrogen and oxygen atoms in total. The largest absolute Gasteiger partial charge is 0.354 e. The van der Waals surface area contributed by atoms with Crippen molar-refractivity contribution in [2.24, 2.45) is 5.92 Å². The van der Waals surface area contributed by atoms with Crippen LogP contribution in [0.15, 0.2) is 54.6 Å². The van der Waals surface area contributed by atoms with Gasteiger partial charge in [-0.1, -0.05) is 63.2 Å². The Hall–Kier alpha value is -2.87. The summed E-state index contributed by atoms with van der Waals surface area (Å²) in [6, 6.07) is 15.5. The molecule has 1 N–H and O–H groups in total. The molecule has 180 valence electrons. The molecule has 0 spiro atoms. The van der Waals surface area contributed by atoms with Crippen molar-refractivity contribution in [3.05, 3.63) is 65.7 Å². The van der Waals surface area contributed by atoms with E-state index in [2.05, 4.69) is 5.32 Å². The molecule has 0 unspecified atom stereocenters. The normalized spacial score (nSPS) is 12.3. The van der Waals surface area contributed by atoms with E-state index in [1.807, 2.05) is 52.0 Å². The summed E-state index contributed by atoms with van der Waals surface area (Å²) in [5, 5.41) is 2.92. The van der Waals surface area contributed by atoms with Crippen LogP contribution in [0.3, 0.4) is 0 Å². The topological polar surface area (TPSA) is 86.8 Å². The summed E-state index contributed by atoms with van der Waals surface area (Å²) in [6.45, 7) is 8.13. The van der Waals surface area contributed by atoms with Crippen molar-refractivity contribution in [3.8, 4) is 0 Å². The van der Waals surface area contributed by atoms with Crippen LogP contribution in [0.2, 0.25) is 0 Å². The van der Waals surface area contributed by atoms with Gasteiger partial charge >= 0.3 is 0 Å². The second-order valence-corrected chi connectivity index (χ2v) is 10.5. The number of anilines is 1. The van der Waals surface area contributed by atoms with Crippen LogP contribution in [0.5, 0.6) is 0 Å². The first-order valence-electron chi connectivity index (χ1n) is 11.2. The Morgan fingerprint density at radius 2 is 1.61 bits per heavy atom. The SMILES string of the molecule is CC[C@@H](C(=O)NCC(C)C)N(Cc1ccccc1C)C(=O)CN(c1ccccc1)S(C)(=O)=O. The molecule has 0 fully saturated rings. The van der Waals surface area contributed by atoms with Crippen LogP contribution in [-0.2, 0) is 26.2 Å². The van der Waals surface area contributed by atoms with Gasteiger partial charge in [-0.05, 0) is 42.5 Å². The molecule has 0 aliphatic carbocycles. The van der Waals surface area contributed by atoms with Gasteiger partial charge < -0.3 is 10.2 Å². The second kappa shape index (κ2) is 11.8. The van der Waals surface area contributed by atoms with E-state index >= 15 is 0 Å². The summed E-state index contributed by atoms with van der Waals surface area (Å²) >= 11 is 0. The summed E-state index contributed by atoms with van der Waals surface area (Å²) in [5.41, 5.74) is 2.31. The van der Waals surface area contributed by atoms with Crippen molar-refractivity contribution in [1.82, 2.24) is 10.2 Å². The molecule has 33 heavy (non-hydrogen) atoms. The van der Waals surface area contributed by atoms with Gasteiger partial charge in [0.05, 0.1) is 11.9 Å². The molecule has 2 rings (SSSR count). The van der Waals surface area contributed by atoms with Gasteiger partial charge in [0.2, 0.25) is 21.8 Å². The molecule has 0 radical (unpaired) electrons. The third-order valence-electron chi connectivity index (χ3n) is 5.40. The molecule has 2 aromatic carbocycles. The fraction of sp³-hybridized carbons (Fsp3) is 0.440. The van der Waals surface area contributed by atoms with Gasteiger partial charge in [-0.25, -0.2) is 8.42 Å². The van der Waals surface area contributed by atoms with Crippen LogP contribution in [-0.4, -0.2) is 50.5 Å². The lowest BCUT2D eigenvalue weighted by atomic mass is 10.1. The lowest BCUT2D eigenvalue weighted by Crippen LogP contribution is -2.52. The average Bonchev–Trinajstić information content (AvgIpc) is 2.76. The van der Waals surface area contributed by atoms with Crippen LogP contribution in [0.25, 0.3) is 0 Å². The lowest BCUT2D eigenvalue weighted by Gasteiger charge is -2.33. The summed E-state index contributed by atoms with van der Waals surface area (Å²) in [7, 11) is -3.72. The van der Waals surface area contributed by atoms with Crippen LogP contribution in [0, 0.1) is 12.8 Å². The van der Waals surface area contributed by atoms with Crippen molar-refractivity contribution in [1.29, 1.82) is 0 Å². The third-order valence-corrected chi connectivity index (χ3v) is 6.54. The highest BCUT2D eigenvalue weighted by molar-refractivity contribution is 7.92. The quantitative estimate of drug-likeness (QED) is 0.542. The maximum absolute atomic E-state index is 13.6. The van der Waals surface area contributed by atoms with Crippen molar-refractivity contribution in [2.75, 3.05) is 23.7 Å².